The van der Waals surface area contributed by atoms with E-state index in [1.165, 1.54) is 0 Å². The lowest BCUT2D eigenvalue weighted by Crippen LogP contribution is -2.41. The number of benzene rings is 3. The van der Waals surface area contributed by atoms with E-state index in [4.69, 9.17) is 10.5 Å². The minimum Gasteiger partial charge on any atom is -0.494 e. The fourth-order valence-corrected chi connectivity index (χ4v) is 3.82. The second-order valence-corrected chi connectivity index (χ2v) is 7.47. The molecular formula is C27H25N3O2. The number of carbonyl (C=O) groups excluding carboxylic acids is 1. The summed E-state index contributed by atoms with van der Waals surface area (Å²) < 4.78 is 5.39. The number of nitrogens with zero attached hydrogens (tertiary/aromatic N) is 1. The van der Waals surface area contributed by atoms with Crippen LogP contribution in [-0.2, 0) is 4.79 Å². The Kier molecular flexibility index (Phi) is 6.58. The molecule has 5 nitrogen and oxygen atoms in total. The zero-order chi connectivity index (χ0) is 22.3. The Morgan fingerprint density at radius 1 is 0.875 bits per heavy atom. The number of aromatic nitrogens is 1. The molecule has 4 rings (SSSR count). The van der Waals surface area contributed by atoms with Crippen LogP contribution in [0.2, 0.25) is 0 Å². The maximum absolute atomic E-state index is 13.1. The van der Waals surface area contributed by atoms with Crippen LogP contribution in [0.1, 0.15) is 17.0 Å². The lowest BCUT2D eigenvalue weighted by atomic mass is 9.85. The van der Waals surface area contributed by atoms with E-state index in [1.54, 1.807) is 19.5 Å². The molecule has 0 aliphatic rings. The fourth-order valence-electron chi connectivity index (χ4n) is 3.82. The van der Waals surface area contributed by atoms with Crippen molar-refractivity contribution in [2.45, 2.75) is 12.0 Å². The zero-order valence-electron chi connectivity index (χ0n) is 17.8. The summed E-state index contributed by atoms with van der Waals surface area (Å²) >= 11 is 0. The third kappa shape index (κ3) is 4.68. The summed E-state index contributed by atoms with van der Waals surface area (Å²) in [5.41, 5.74) is 11.1. The van der Waals surface area contributed by atoms with Gasteiger partial charge in [0.15, 0.2) is 0 Å². The van der Waals surface area contributed by atoms with Crippen molar-refractivity contribution in [2.75, 3.05) is 12.4 Å². The monoisotopic (exact) mass is 423 g/mol. The van der Waals surface area contributed by atoms with Crippen molar-refractivity contribution in [2.24, 2.45) is 5.73 Å². The van der Waals surface area contributed by atoms with Crippen molar-refractivity contribution in [3.05, 3.63) is 115 Å². The van der Waals surface area contributed by atoms with Crippen molar-refractivity contribution in [3.63, 3.8) is 0 Å². The minimum atomic E-state index is -0.750. The average molecular weight is 424 g/mol. The Bertz CT molecular complexity index is 1120. The number of nitrogens with one attached hydrogen (secondary N) is 1. The molecule has 1 unspecified atom stereocenters. The maximum atomic E-state index is 13.1. The summed E-state index contributed by atoms with van der Waals surface area (Å²) in [6, 6.07) is 28.5. The van der Waals surface area contributed by atoms with Crippen LogP contribution in [0.4, 0.5) is 5.69 Å². The van der Waals surface area contributed by atoms with E-state index < -0.39 is 6.04 Å². The number of carbonyl (C=O) groups is 1. The van der Waals surface area contributed by atoms with Crippen LogP contribution in [0.15, 0.2) is 103 Å². The highest BCUT2D eigenvalue weighted by molar-refractivity contribution is 5.96. The molecule has 1 amide bonds. The number of amides is 1. The van der Waals surface area contributed by atoms with Gasteiger partial charge in [0.05, 0.1) is 19.3 Å². The van der Waals surface area contributed by atoms with Crippen LogP contribution in [0.3, 0.4) is 0 Å². The molecule has 0 bridgehead atoms. The molecule has 0 aliphatic carbocycles. The third-order valence-corrected chi connectivity index (χ3v) is 5.45. The Balaban J connectivity index is 1.54. The van der Waals surface area contributed by atoms with E-state index in [0.29, 0.717) is 11.4 Å². The predicted molar refractivity (Wildman–Crippen MR) is 128 cm³/mol. The molecular weight excluding hydrogens is 398 g/mol. The molecule has 0 aliphatic heterocycles. The van der Waals surface area contributed by atoms with Crippen LogP contribution in [0.5, 0.6) is 5.75 Å². The smallest absolute Gasteiger partial charge is 0.242 e. The molecule has 0 saturated carbocycles. The highest BCUT2D eigenvalue weighted by Crippen LogP contribution is 2.30. The zero-order valence-corrected chi connectivity index (χ0v) is 17.8. The first kappa shape index (κ1) is 21.3. The molecule has 3 N–H and O–H groups in total. The second-order valence-electron chi connectivity index (χ2n) is 7.47. The molecule has 0 radical (unpaired) electrons. The summed E-state index contributed by atoms with van der Waals surface area (Å²) in [5.74, 6) is 0.203. The number of rotatable bonds is 7. The number of pyridine rings is 1. The van der Waals surface area contributed by atoms with Gasteiger partial charge in [0, 0.05) is 23.4 Å². The van der Waals surface area contributed by atoms with Gasteiger partial charge >= 0.3 is 0 Å². The van der Waals surface area contributed by atoms with Crippen LogP contribution in [0.25, 0.3) is 11.1 Å². The molecule has 3 aromatic carbocycles. The van der Waals surface area contributed by atoms with Gasteiger partial charge in [-0.15, -0.1) is 0 Å². The molecule has 0 fully saturated rings. The van der Waals surface area contributed by atoms with Gasteiger partial charge in [-0.1, -0.05) is 72.8 Å². The number of nitrogens with two attached hydrogens (primary N) is 1. The van der Waals surface area contributed by atoms with Gasteiger partial charge in [0.25, 0.3) is 0 Å². The minimum absolute atomic E-state index is 0.239. The summed E-state index contributed by atoms with van der Waals surface area (Å²) in [7, 11) is 1.62. The molecule has 160 valence electrons. The van der Waals surface area contributed by atoms with Crippen molar-refractivity contribution in [3.8, 4) is 16.9 Å². The van der Waals surface area contributed by atoms with Gasteiger partial charge in [-0.05, 0) is 34.9 Å². The largest absolute Gasteiger partial charge is 0.494 e. The van der Waals surface area contributed by atoms with Crippen LogP contribution in [-0.4, -0.2) is 24.0 Å². The topological polar surface area (TPSA) is 77.2 Å². The van der Waals surface area contributed by atoms with Gasteiger partial charge in [-0.25, -0.2) is 0 Å². The number of ether oxygens (including phenoxy) is 1. The second kappa shape index (κ2) is 9.90. The van der Waals surface area contributed by atoms with Gasteiger partial charge in [-0.3, -0.25) is 9.78 Å². The first-order valence-corrected chi connectivity index (χ1v) is 10.4. The highest BCUT2D eigenvalue weighted by Gasteiger charge is 2.27. The molecule has 32 heavy (non-hydrogen) atoms. The number of hydrogen-bond donors (Lipinski definition) is 2. The Hall–Kier alpha value is -3.96. The Morgan fingerprint density at radius 2 is 1.47 bits per heavy atom. The average Bonchev–Trinajstić information content (AvgIpc) is 2.86. The van der Waals surface area contributed by atoms with Crippen molar-refractivity contribution >= 4 is 11.6 Å². The first-order chi connectivity index (χ1) is 15.7. The van der Waals surface area contributed by atoms with E-state index in [1.807, 2.05) is 91.0 Å². The summed E-state index contributed by atoms with van der Waals surface area (Å²) in [6.45, 7) is 0. The van der Waals surface area contributed by atoms with Crippen LogP contribution in [0, 0.1) is 0 Å². The normalized spacial score (nSPS) is 11.7. The lowest BCUT2D eigenvalue weighted by Gasteiger charge is -2.24. The van der Waals surface area contributed by atoms with E-state index >= 15 is 0 Å². The Labute approximate surface area is 187 Å². The molecule has 1 aromatic heterocycles. The van der Waals surface area contributed by atoms with Crippen LogP contribution < -0.4 is 15.8 Å². The van der Waals surface area contributed by atoms with Crippen molar-refractivity contribution in [1.82, 2.24) is 4.98 Å². The molecule has 1 heterocycles. The highest BCUT2D eigenvalue weighted by atomic mass is 16.5. The van der Waals surface area contributed by atoms with Crippen molar-refractivity contribution in [1.29, 1.82) is 0 Å². The van der Waals surface area contributed by atoms with Crippen LogP contribution >= 0.6 is 0 Å². The van der Waals surface area contributed by atoms with Gasteiger partial charge in [-0.2, -0.15) is 0 Å². The molecule has 5 heteroatoms. The number of hydrogen-bond acceptors (Lipinski definition) is 4. The van der Waals surface area contributed by atoms with Gasteiger partial charge in [0.1, 0.15) is 5.75 Å². The molecule has 0 spiro atoms. The standard InChI is InChI=1S/C27H25N3O2/c1-32-24-18-29-17-16-23(24)19-12-14-22(15-13-19)30-27(31)26(28)25(20-8-4-2-5-9-20)21-10-6-3-7-11-21/h2-18,25-26H,28H2,1H3,(H,30,31). The number of methoxy groups -OCH3 is 1. The van der Waals surface area contributed by atoms with Crippen molar-refractivity contribution < 1.29 is 9.53 Å². The van der Waals surface area contributed by atoms with Gasteiger partial charge in [0.2, 0.25) is 5.91 Å². The van der Waals surface area contributed by atoms with E-state index in [9.17, 15) is 4.79 Å². The first-order valence-electron chi connectivity index (χ1n) is 10.4. The number of anilines is 1. The molecule has 4 aromatic rings. The summed E-state index contributed by atoms with van der Waals surface area (Å²) in [4.78, 5) is 17.2. The van der Waals surface area contributed by atoms with Gasteiger partial charge < -0.3 is 15.8 Å². The lowest BCUT2D eigenvalue weighted by molar-refractivity contribution is -0.117. The third-order valence-electron chi connectivity index (χ3n) is 5.45. The predicted octanol–water partition coefficient (Wildman–Crippen LogP) is 4.86. The maximum Gasteiger partial charge on any atom is 0.242 e. The summed E-state index contributed by atoms with van der Waals surface area (Å²) in [5, 5.41) is 2.96. The fraction of sp³-hybridized carbons (Fsp3) is 0.111. The Morgan fingerprint density at radius 3 is 2.03 bits per heavy atom. The summed E-state index contributed by atoms with van der Waals surface area (Å²) in [6.07, 6.45) is 3.40. The van der Waals surface area contributed by atoms with E-state index in [-0.39, 0.29) is 11.8 Å². The SMILES string of the molecule is COc1cnccc1-c1ccc(NC(=O)C(N)C(c2ccccc2)c2ccccc2)cc1. The molecule has 0 saturated heterocycles. The van der Waals surface area contributed by atoms with E-state index in [2.05, 4.69) is 10.3 Å². The molecule has 1 atom stereocenters. The quantitative estimate of drug-likeness (QED) is 0.445. The van der Waals surface area contributed by atoms with E-state index in [0.717, 1.165) is 22.3 Å².